The number of rotatable bonds is 2. The van der Waals surface area contributed by atoms with E-state index < -0.39 is 29.5 Å². The van der Waals surface area contributed by atoms with Gasteiger partial charge in [0.05, 0.1) is 0 Å². The molecule has 0 saturated carbocycles. The Hall–Kier alpha value is -2.84. The van der Waals surface area contributed by atoms with Crippen molar-refractivity contribution in [1.82, 2.24) is 9.88 Å². The lowest BCUT2D eigenvalue weighted by molar-refractivity contribution is 0.0429. The highest BCUT2D eigenvalue weighted by Gasteiger charge is 2.33. The van der Waals surface area contributed by atoms with Gasteiger partial charge in [-0.05, 0) is 47.6 Å². The molecule has 0 aliphatic carbocycles. The van der Waals surface area contributed by atoms with Crippen LogP contribution in [-0.4, -0.2) is 53.5 Å². The number of amides is 3. The molecule has 0 saturated heterocycles. The lowest BCUT2D eigenvalue weighted by Crippen LogP contribution is -2.44. The lowest BCUT2D eigenvalue weighted by Gasteiger charge is -2.28. The van der Waals surface area contributed by atoms with Crippen LogP contribution in [-0.2, 0) is 9.47 Å². The summed E-state index contributed by atoms with van der Waals surface area (Å²) in [4.78, 5) is 42.8. The lowest BCUT2D eigenvalue weighted by atomic mass is 10.2. The molecule has 3 amide bonds. The average molecular weight is 381 g/mol. The highest BCUT2D eigenvalue weighted by Crippen LogP contribution is 2.23. The van der Waals surface area contributed by atoms with Crippen LogP contribution in [0.2, 0.25) is 0 Å². The molecule has 1 aromatic heterocycles. The maximum atomic E-state index is 12.6. The topological polar surface area (TPSA) is 98.3 Å². The Morgan fingerprint density at radius 1 is 0.889 bits per heavy atom. The van der Waals surface area contributed by atoms with E-state index in [1.165, 1.54) is 37.3 Å². The predicted octanol–water partition coefficient (Wildman–Crippen LogP) is 3.82. The smallest absolute Gasteiger partial charge is 0.425 e. The van der Waals surface area contributed by atoms with E-state index in [1.54, 1.807) is 41.5 Å². The van der Waals surface area contributed by atoms with E-state index in [0.29, 0.717) is 4.90 Å². The molecule has 0 N–H and O–H groups in total. The van der Waals surface area contributed by atoms with Crippen molar-refractivity contribution in [2.75, 3.05) is 19.0 Å². The van der Waals surface area contributed by atoms with Gasteiger partial charge >= 0.3 is 18.3 Å². The molecule has 150 valence electrons. The van der Waals surface area contributed by atoms with E-state index in [-0.39, 0.29) is 11.6 Å². The second kappa shape index (κ2) is 8.24. The molecule has 1 rings (SSSR count). The summed E-state index contributed by atoms with van der Waals surface area (Å²) in [6, 6.07) is 2.70. The zero-order valence-electron chi connectivity index (χ0n) is 17.0. The zero-order valence-corrected chi connectivity index (χ0v) is 17.0. The molecule has 27 heavy (non-hydrogen) atoms. The minimum absolute atomic E-state index is 0.0949. The first-order valence-corrected chi connectivity index (χ1v) is 8.31. The number of anilines is 1. The first-order chi connectivity index (χ1) is 12.2. The number of aromatic nitrogens is 1. The Morgan fingerprint density at radius 2 is 1.37 bits per heavy atom. The zero-order chi connectivity index (χ0) is 21.0. The maximum Gasteiger partial charge on any atom is 0.425 e. The fourth-order valence-corrected chi connectivity index (χ4v) is 1.65. The van der Waals surface area contributed by atoms with Crippen LogP contribution in [0.4, 0.5) is 20.2 Å². The molecule has 1 aromatic rings. The van der Waals surface area contributed by atoms with Crippen molar-refractivity contribution in [3.63, 3.8) is 0 Å². The standard InChI is InChI=1S/C18H27N3O6/c1-17(2,3)26-15(23)21(16(24)27-18(4,5)6)13-11-12(9-10-19-13)25-14(22)20(7)8/h9-11H,1-8H3. The summed E-state index contributed by atoms with van der Waals surface area (Å²) in [5.74, 6) is 0.0124. The van der Waals surface area contributed by atoms with Crippen LogP contribution in [0.15, 0.2) is 18.3 Å². The van der Waals surface area contributed by atoms with E-state index in [1.807, 2.05) is 0 Å². The number of carbonyl (C=O) groups is 3. The second-order valence-corrected chi connectivity index (χ2v) is 7.91. The van der Waals surface area contributed by atoms with Gasteiger partial charge in [0.1, 0.15) is 17.0 Å². The van der Waals surface area contributed by atoms with E-state index >= 15 is 0 Å². The van der Waals surface area contributed by atoms with Crippen molar-refractivity contribution >= 4 is 24.1 Å². The number of nitrogens with zero attached hydrogens (tertiary/aromatic N) is 3. The number of ether oxygens (including phenoxy) is 3. The molecule has 0 aliphatic heterocycles. The highest BCUT2D eigenvalue weighted by molar-refractivity contribution is 6.08. The Labute approximate surface area is 159 Å². The molecule has 1 heterocycles. The van der Waals surface area contributed by atoms with Gasteiger partial charge < -0.3 is 19.1 Å². The minimum Gasteiger partial charge on any atom is -0.443 e. The maximum absolute atomic E-state index is 12.6. The van der Waals surface area contributed by atoms with Crippen molar-refractivity contribution in [2.24, 2.45) is 0 Å². The molecule has 0 fully saturated rings. The predicted molar refractivity (Wildman–Crippen MR) is 98.9 cm³/mol. The Kier molecular flexibility index (Phi) is 6.77. The van der Waals surface area contributed by atoms with Gasteiger partial charge in [0, 0.05) is 26.4 Å². The Morgan fingerprint density at radius 3 is 1.78 bits per heavy atom. The monoisotopic (exact) mass is 381 g/mol. The van der Waals surface area contributed by atoms with Gasteiger partial charge in [0.2, 0.25) is 0 Å². The minimum atomic E-state index is -0.958. The molecule has 0 bridgehead atoms. The van der Waals surface area contributed by atoms with Crippen LogP contribution < -0.4 is 9.64 Å². The molecular formula is C18H27N3O6. The van der Waals surface area contributed by atoms with E-state index in [9.17, 15) is 14.4 Å². The van der Waals surface area contributed by atoms with E-state index in [0.717, 1.165) is 0 Å². The molecule has 0 aliphatic rings. The summed E-state index contributed by atoms with van der Waals surface area (Å²) in [5, 5.41) is 0. The summed E-state index contributed by atoms with van der Waals surface area (Å²) in [5.41, 5.74) is -1.68. The van der Waals surface area contributed by atoms with Crippen LogP contribution in [0.25, 0.3) is 0 Å². The quantitative estimate of drug-likeness (QED) is 0.768. The number of hydrogen-bond donors (Lipinski definition) is 0. The van der Waals surface area contributed by atoms with Gasteiger partial charge in [0.25, 0.3) is 0 Å². The number of carbonyl (C=O) groups excluding carboxylic acids is 3. The van der Waals surface area contributed by atoms with Gasteiger partial charge in [-0.25, -0.2) is 19.4 Å². The molecular weight excluding hydrogens is 354 g/mol. The number of imide groups is 1. The first kappa shape index (κ1) is 22.2. The van der Waals surface area contributed by atoms with Crippen LogP contribution >= 0.6 is 0 Å². The normalized spacial score (nSPS) is 11.4. The largest absolute Gasteiger partial charge is 0.443 e. The van der Waals surface area contributed by atoms with Crippen LogP contribution in [0.5, 0.6) is 5.75 Å². The second-order valence-electron chi connectivity index (χ2n) is 7.91. The summed E-state index contributed by atoms with van der Waals surface area (Å²) in [6.45, 7) is 10.0. The summed E-state index contributed by atoms with van der Waals surface area (Å²) < 4.78 is 15.7. The fourth-order valence-electron chi connectivity index (χ4n) is 1.65. The highest BCUT2D eigenvalue weighted by atomic mass is 16.6. The van der Waals surface area contributed by atoms with Gasteiger partial charge in [0.15, 0.2) is 5.82 Å². The van der Waals surface area contributed by atoms with Gasteiger partial charge in [-0.15, -0.1) is 0 Å². The van der Waals surface area contributed by atoms with Crippen molar-refractivity contribution in [3.05, 3.63) is 18.3 Å². The van der Waals surface area contributed by atoms with Gasteiger partial charge in [-0.1, -0.05) is 0 Å². The average Bonchev–Trinajstić information content (AvgIpc) is 2.43. The molecule has 0 unspecified atom stereocenters. The van der Waals surface area contributed by atoms with Gasteiger partial charge in [-0.3, -0.25) is 0 Å². The fraction of sp³-hybridized carbons (Fsp3) is 0.556. The van der Waals surface area contributed by atoms with Crippen molar-refractivity contribution in [2.45, 2.75) is 52.7 Å². The van der Waals surface area contributed by atoms with Crippen molar-refractivity contribution in [3.8, 4) is 5.75 Å². The molecule has 0 radical (unpaired) electrons. The molecule has 9 nitrogen and oxygen atoms in total. The Balaban J connectivity index is 3.24. The third-order valence-electron chi connectivity index (χ3n) is 2.67. The van der Waals surface area contributed by atoms with Crippen LogP contribution in [0.3, 0.4) is 0 Å². The van der Waals surface area contributed by atoms with E-state index in [4.69, 9.17) is 14.2 Å². The first-order valence-electron chi connectivity index (χ1n) is 8.31. The SMILES string of the molecule is CN(C)C(=O)Oc1ccnc(N(C(=O)OC(C)(C)C)C(=O)OC(C)(C)C)c1. The third kappa shape index (κ3) is 7.51. The molecule has 0 atom stereocenters. The van der Waals surface area contributed by atoms with Crippen LogP contribution in [0.1, 0.15) is 41.5 Å². The number of hydrogen-bond acceptors (Lipinski definition) is 7. The molecule has 0 aromatic carbocycles. The van der Waals surface area contributed by atoms with Crippen molar-refractivity contribution in [1.29, 1.82) is 0 Å². The Bertz CT molecular complexity index is 676. The van der Waals surface area contributed by atoms with E-state index in [2.05, 4.69) is 4.98 Å². The third-order valence-corrected chi connectivity index (χ3v) is 2.67. The summed E-state index contributed by atoms with van der Waals surface area (Å²) >= 11 is 0. The molecule has 0 spiro atoms. The summed E-state index contributed by atoms with van der Waals surface area (Å²) in [7, 11) is 3.05. The number of pyridine rings is 1. The van der Waals surface area contributed by atoms with Gasteiger partial charge in [-0.2, -0.15) is 4.90 Å². The summed E-state index contributed by atoms with van der Waals surface area (Å²) in [6.07, 6.45) is -1.23. The molecule has 9 heteroatoms. The van der Waals surface area contributed by atoms with Crippen LogP contribution in [0, 0.1) is 0 Å². The van der Waals surface area contributed by atoms with Crippen molar-refractivity contribution < 1.29 is 28.6 Å².